The van der Waals surface area contributed by atoms with Gasteiger partial charge < -0.3 is 19.9 Å². The first-order chi connectivity index (χ1) is 19.5. The quantitative estimate of drug-likeness (QED) is 0.263. The maximum absolute atomic E-state index is 12.9. The summed E-state index contributed by atoms with van der Waals surface area (Å²) < 4.78 is 44.2. The molecule has 1 N–H and O–H groups in total. The number of rotatable bonds is 10. The minimum Gasteiger partial charge on any atom is -0.486 e. The van der Waals surface area contributed by atoms with E-state index in [1.807, 2.05) is 18.7 Å². The van der Waals surface area contributed by atoms with Gasteiger partial charge in [-0.1, -0.05) is 26.0 Å². The van der Waals surface area contributed by atoms with E-state index in [1.165, 1.54) is 6.07 Å². The topological polar surface area (TPSA) is 88.0 Å². The van der Waals surface area contributed by atoms with Crippen molar-refractivity contribution >= 4 is 17.3 Å². The van der Waals surface area contributed by atoms with Gasteiger partial charge in [-0.2, -0.15) is 13.2 Å². The van der Waals surface area contributed by atoms with Crippen LogP contribution in [0.4, 0.5) is 24.5 Å². The van der Waals surface area contributed by atoms with Gasteiger partial charge >= 0.3 is 11.9 Å². The van der Waals surface area contributed by atoms with Crippen LogP contribution in [0.5, 0.6) is 5.75 Å². The van der Waals surface area contributed by atoms with Crippen molar-refractivity contribution in [1.29, 1.82) is 0 Å². The SMILES string of the molecule is CC(C)COc1cc(NC2CCN(C(=O)CCN3CCC(c4ccc(C(F)(F)F)cc4)CC3)CC2)ccc1[N+](=O)[O-]. The molecule has 0 aromatic heterocycles. The number of piperidine rings is 2. The number of nitro benzene ring substituents is 1. The molecule has 0 spiro atoms. The van der Waals surface area contributed by atoms with Gasteiger partial charge in [0.1, 0.15) is 0 Å². The molecule has 8 nitrogen and oxygen atoms in total. The summed E-state index contributed by atoms with van der Waals surface area (Å²) in [5.74, 6) is 0.870. The Morgan fingerprint density at radius 2 is 1.71 bits per heavy atom. The molecule has 0 aliphatic carbocycles. The molecule has 1 amide bonds. The van der Waals surface area contributed by atoms with Gasteiger partial charge in [0.25, 0.3) is 0 Å². The summed E-state index contributed by atoms with van der Waals surface area (Å²) in [6.07, 6.45) is -0.582. The Balaban J connectivity index is 1.18. The van der Waals surface area contributed by atoms with Crippen molar-refractivity contribution in [1.82, 2.24) is 9.80 Å². The Labute approximate surface area is 239 Å². The van der Waals surface area contributed by atoms with Crippen molar-refractivity contribution in [3.05, 3.63) is 63.7 Å². The summed E-state index contributed by atoms with van der Waals surface area (Å²) in [5, 5.41) is 14.8. The zero-order valence-corrected chi connectivity index (χ0v) is 23.7. The number of ether oxygens (including phenoxy) is 1. The number of likely N-dealkylation sites (tertiary alicyclic amines) is 2. The summed E-state index contributed by atoms with van der Waals surface area (Å²) in [4.78, 5) is 28.0. The van der Waals surface area contributed by atoms with Crippen LogP contribution in [0, 0.1) is 16.0 Å². The molecule has 224 valence electrons. The normalized spacial score (nSPS) is 17.6. The van der Waals surface area contributed by atoms with Crippen molar-refractivity contribution in [2.24, 2.45) is 5.92 Å². The van der Waals surface area contributed by atoms with E-state index >= 15 is 0 Å². The Bertz CT molecular complexity index is 1170. The zero-order valence-electron chi connectivity index (χ0n) is 23.7. The van der Waals surface area contributed by atoms with Crippen LogP contribution in [0.2, 0.25) is 0 Å². The lowest BCUT2D eigenvalue weighted by molar-refractivity contribution is -0.385. The predicted molar refractivity (Wildman–Crippen MR) is 151 cm³/mol. The number of hydrogen-bond donors (Lipinski definition) is 1. The fourth-order valence-electron chi connectivity index (χ4n) is 5.48. The van der Waals surface area contributed by atoms with E-state index in [-0.39, 0.29) is 35.2 Å². The molecule has 41 heavy (non-hydrogen) atoms. The maximum atomic E-state index is 12.9. The number of nitrogens with zero attached hydrogens (tertiary/aromatic N) is 3. The fraction of sp³-hybridized carbons (Fsp3) is 0.567. The van der Waals surface area contributed by atoms with Gasteiger partial charge in [-0.15, -0.1) is 0 Å². The first-order valence-corrected chi connectivity index (χ1v) is 14.3. The molecular weight excluding hydrogens is 537 g/mol. The number of nitrogens with one attached hydrogen (secondary N) is 1. The van der Waals surface area contributed by atoms with Gasteiger partial charge in [-0.25, -0.2) is 0 Å². The highest BCUT2D eigenvalue weighted by molar-refractivity contribution is 5.76. The second-order valence-corrected chi connectivity index (χ2v) is 11.4. The standard InChI is InChI=1S/C30H39F3N4O4/c1-21(2)20-41-28-19-26(7-8-27(28)37(39)40)34-25-11-17-36(18-12-25)29(38)13-16-35-14-9-23(10-15-35)22-3-5-24(6-4-22)30(31,32)33/h3-8,19,21,23,25,34H,9-18,20H2,1-2H3. The third-order valence-electron chi connectivity index (χ3n) is 7.89. The Morgan fingerprint density at radius 3 is 2.29 bits per heavy atom. The Hall–Kier alpha value is -3.34. The highest BCUT2D eigenvalue weighted by atomic mass is 19.4. The molecule has 0 atom stereocenters. The summed E-state index contributed by atoms with van der Waals surface area (Å²) in [5.41, 5.74) is 1.03. The molecule has 2 aromatic rings. The molecule has 0 unspecified atom stereocenters. The lowest BCUT2D eigenvalue weighted by atomic mass is 9.89. The molecule has 0 bridgehead atoms. The van der Waals surface area contributed by atoms with Crippen LogP contribution in [0.3, 0.4) is 0 Å². The van der Waals surface area contributed by atoms with Crippen LogP contribution >= 0.6 is 0 Å². The van der Waals surface area contributed by atoms with E-state index in [4.69, 9.17) is 4.74 Å². The monoisotopic (exact) mass is 576 g/mol. The number of anilines is 1. The van der Waals surface area contributed by atoms with E-state index in [1.54, 1.807) is 24.3 Å². The second-order valence-electron chi connectivity index (χ2n) is 11.4. The van der Waals surface area contributed by atoms with E-state index in [0.29, 0.717) is 32.7 Å². The van der Waals surface area contributed by atoms with Crippen LogP contribution in [0.25, 0.3) is 0 Å². The third-order valence-corrected chi connectivity index (χ3v) is 7.89. The van der Waals surface area contributed by atoms with E-state index in [2.05, 4.69) is 10.2 Å². The van der Waals surface area contributed by atoms with Gasteiger partial charge in [0.2, 0.25) is 5.91 Å². The number of amides is 1. The van der Waals surface area contributed by atoms with Crippen molar-refractivity contribution in [2.75, 3.05) is 44.6 Å². The minimum atomic E-state index is -4.32. The summed E-state index contributed by atoms with van der Waals surface area (Å²) in [6, 6.07) is 10.5. The van der Waals surface area contributed by atoms with Gasteiger partial charge in [-0.3, -0.25) is 14.9 Å². The largest absolute Gasteiger partial charge is 0.486 e. The van der Waals surface area contributed by atoms with E-state index in [9.17, 15) is 28.1 Å². The minimum absolute atomic E-state index is 0.0552. The summed E-state index contributed by atoms with van der Waals surface area (Å²) >= 11 is 0. The molecule has 2 aromatic carbocycles. The highest BCUT2D eigenvalue weighted by Crippen LogP contribution is 2.34. The predicted octanol–water partition coefficient (Wildman–Crippen LogP) is 6.32. The van der Waals surface area contributed by atoms with E-state index < -0.39 is 16.7 Å². The highest BCUT2D eigenvalue weighted by Gasteiger charge is 2.31. The van der Waals surface area contributed by atoms with Crippen molar-refractivity contribution < 1.29 is 27.6 Å². The average Bonchev–Trinajstić information content (AvgIpc) is 2.95. The van der Waals surface area contributed by atoms with Crippen LogP contribution < -0.4 is 10.1 Å². The Kier molecular flexibility index (Phi) is 10.1. The smallest absolute Gasteiger partial charge is 0.416 e. The lowest BCUT2D eigenvalue weighted by Gasteiger charge is -2.35. The number of carbonyl (C=O) groups excluding carboxylic acids is 1. The van der Waals surface area contributed by atoms with Crippen LogP contribution in [-0.4, -0.2) is 66.0 Å². The lowest BCUT2D eigenvalue weighted by Crippen LogP contribution is -2.43. The van der Waals surface area contributed by atoms with E-state index in [0.717, 1.165) is 62.2 Å². The number of nitro groups is 1. The van der Waals surface area contributed by atoms with Crippen molar-refractivity contribution in [3.8, 4) is 5.75 Å². The van der Waals surface area contributed by atoms with Gasteiger partial charge in [-0.05, 0) is 74.4 Å². The second kappa shape index (κ2) is 13.5. The molecule has 0 radical (unpaired) electrons. The number of hydrogen-bond acceptors (Lipinski definition) is 6. The third kappa shape index (κ3) is 8.58. The molecular formula is C30H39F3N4O4. The number of carbonyl (C=O) groups is 1. The molecule has 2 aliphatic rings. The summed E-state index contributed by atoms with van der Waals surface area (Å²) in [7, 11) is 0. The molecule has 4 rings (SSSR count). The fourth-order valence-corrected chi connectivity index (χ4v) is 5.48. The molecule has 2 aliphatic heterocycles. The van der Waals surface area contributed by atoms with Gasteiger partial charge in [0.05, 0.1) is 17.1 Å². The molecule has 0 saturated carbocycles. The van der Waals surface area contributed by atoms with Crippen LogP contribution in [-0.2, 0) is 11.0 Å². The first kappa shape index (κ1) is 30.6. The van der Waals surface area contributed by atoms with Crippen LogP contribution in [0.1, 0.15) is 63.0 Å². The van der Waals surface area contributed by atoms with Gasteiger partial charge in [0, 0.05) is 49.9 Å². The van der Waals surface area contributed by atoms with Crippen molar-refractivity contribution in [3.63, 3.8) is 0 Å². The Morgan fingerprint density at radius 1 is 1.05 bits per heavy atom. The molecule has 2 fully saturated rings. The van der Waals surface area contributed by atoms with Crippen molar-refractivity contribution in [2.45, 2.75) is 64.1 Å². The molecule has 11 heteroatoms. The number of benzene rings is 2. The van der Waals surface area contributed by atoms with Gasteiger partial charge in [0.15, 0.2) is 5.75 Å². The summed E-state index contributed by atoms with van der Waals surface area (Å²) in [6.45, 7) is 7.98. The van der Waals surface area contributed by atoms with Crippen LogP contribution in [0.15, 0.2) is 42.5 Å². The number of halogens is 3. The maximum Gasteiger partial charge on any atom is 0.416 e. The zero-order chi connectivity index (χ0) is 29.6. The number of alkyl halides is 3. The average molecular weight is 577 g/mol. The molecule has 2 heterocycles. The molecule has 2 saturated heterocycles. The first-order valence-electron chi connectivity index (χ1n) is 14.3.